The van der Waals surface area contributed by atoms with Crippen LogP contribution in [0, 0.1) is 0 Å². The van der Waals surface area contributed by atoms with E-state index in [1.807, 2.05) is 18.3 Å². The Hall–Kier alpha value is -2.62. The van der Waals surface area contributed by atoms with Gasteiger partial charge in [0.1, 0.15) is 16.9 Å². The number of aromatic hydroxyl groups is 1. The first-order chi connectivity index (χ1) is 13.4. The van der Waals surface area contributed by atoms with Gasteiger partial charge in [-0.3, -0.25) is 9.38 Å². The van der Waals surface area contributed by atoms with E-state index in [1.54, 1.807) is 0 Å². The summed E-state index contributed by atoms with van der Waals surface area (Å²) in [6.07, 6.45) is 2.92. The van der Waals surface area contributed by atoms with Gasteiger partial charge in [-0.05, 0) is 47.1 Å². The molecule has 0 radical (unpaired) electrons. The van der Waals surface area contributed by atoms with Crippen LogP contribution in [0.2, 0.25) is 0 Å². The number of hydrogen-bond donors (Lipinski definition) is 1. The first kappa shape index (κ1) is 18.4. The third kappa shape index (κ3) is 2.38. The largest absolute Gasteiger partial charge is 0.506 e. The Morgan fingerprint density at radius 3 is 2.45 bits per heavy atom. The monoisotopic (exact) mass is 387 g/mol. The van der Waals surface area contributed by atoms with Crippen LogP contribution in [0.3, 0.4) is 0 Å². The Morgan fingerprint density at radius 2 is 1.76 bits per heavy atom. The summed E-state index contributed by atoms with van der Waals surface area (Å²) in [6, 6.07) is 8.15. The van der Waals surface area contributed by atoms with Crippen LogP contribution in [-0.2, 0) is 16.2 Å². The van der Waals surface area contributed by atoms with Crippen LogP contribution in [0.15, 0.2) is 30.5 Å². The average Bonchev–Trinajstić information content (AvgIpc) is 3.07. The predicted octanol–water partition coefficient (Wildman–Crippen LogP) is 6.00. The highest BCUT2D eigenvalue weighted by Crippen LogP contribution is 2.52. The molecular weight excluding hydrogens is 358 g/mol. The minimum absolute atomic E-state index is 0.0138. The van der Waals surface area contributed by atoms with Gasteiger partial charge in [0.05, 0.1) is 11.0 Å². The fraction of sp³-hybridized carbons (Fsp3) is 0.440. The van der Waals surface area contributed by atoms with Gasteiger partial charge in [0.2, 0.25) is 0 Å². The van der Waals surface area contributed by atoms with E-state index in [9.17, 15) is 5.11 Å². The number of nitrogens with zero attached hydrogens (tertiary/aromatic N) is 3. The number of phenolic OH excluding ortho intramolecular Hbond substituents is 1. The molecule has 1 aliphatic rings. The van der Waals surface area contributed by atoms with E-state index in [1.165, 1.54) is 11.3 Å². The van der Waals surface area contributed by atoms with Crippen LogP contribution in [0.25, 0.3) is 27.6 Å². The molecule has 0 unspecified atom stereocenters. The Morgan fingerprint density at radius 1 is 1.03 bits per heavy atom. The van der Waals surface area contributed by atoms with Gasteiger partial charge in [-0.1, -0.05) is 48.5 Å². The minimum atomic E-state index is -0.0633. The first-order valence-corrected chi connectivity index (χ1v) is 10.4. The van der Waals surface area contributed by atoms with Crippen molar-refractivity contribution in [2.75, 3.05) is 0 Å². The lowest BCUT2D eigenvalue weighted by atomic mass is 9.82. The molecule has 0 fully saturated rings. The maximum Gasteiger partial charge on any atom is 0.147 e. The third-order valence-corrected chi connectivity index (χ3v) is 6.55. The van der Waals surface area contributed by atoms with E-state index in [4.69, 9.17) is 9.97 Å². The van der Waals surface area contributed by atoms with Gasteiger partial charge in [-0.2, -0.15) is 0 Å². The lowest BCUT2D eigenvalue weighted by Gasteiger charge is -2.23. The molecule has 1 aromatic carbocycles. The summed E-state index contributed by atoms with van der Waals surface area (Å²) in [5.74, 6) is 0.247. The molecule has 0 atom stereocenters. The summed E-state index contributed by atoms with van der Waals surface area (Å²) >= 11 is 0. The highest BCUT2D eigenvalue weighted by molar-refractivity contribution is 6.01. The van der Waals surface area contributed by atoms with Crippen LogP contribution in [-0.4, -0.2) is 19.5 Å². The lowest BCUT2D eigenvalue weighted by molar-refractivity contribution is 0.399. The van der Waals surface area contributed by atoms with E-state index in [2.05, 4.69) is 65.0 Å². The van der Waals surface area contributed by atoms with Crippen molar-refractivity contribution in [3.8, 4) is 5.75 Å². The summed E-state index contributed by atoms with van der Waals surface area (Å²) in [5.41, 5.74) is 7.19. The van der Waals surface area contributed by atoms with Crippen molar-refractivity contribution in [2.24, 2.45) is 0 Å². The van der Waals surface area contributed by atoms with Crippen molar-refractivity contribution in [3.05, 3.63) is 47.3 Å². The minimum Gasteiger partial charge on any atom is -0.506 e. The third-order valence-electron chi connectivity index (χ3n) is 6.55. The normalized spacial score (nSPS) is 18.0. The standard InChI is InChI=1S/C25H29N3O/c1-23(2,3)14-11-16-20(17(29)12-14)27-22-15-9-8-10-26-19(15)18-21(28(16)22)25(6,7)13-24(18,4)5/h8-12,29H,13H2,1-7H3. The molecule has 3 heterocycles. The number of fused-ring (bicyclic) bond motifs is 8. The van der Waals surface area contributed by atoms with Crippen molar-refractivity contribution < 1.29 is 5.11 Å². The predicted molar refractivity (Wildman–Crippen MR) is 119 cm³/mol. The fourth-order valence-electron chi connectivity index (χ4n) is 5.57. The zero-order chi connectivity index (χ0) is 20.9. The fourth-order valence-corrected chi connectivity index (χ4v) is 5.57. The van der Waals surface area contributed by atoms with Gasteiger partial charge in [-0.25, -0.2) is 4.98 Å². The molecule has 5 rings (SSSR count). The lowest BCUT2D eigenvalue weighted by Crippen LogP contribution is -2.19. The molecule has 0 bridgehead atoms. The van der Waals surface area contributed by atoms with Gasteiger partial charge in [-0.15, -0.1) is 0 Å². The molecule has 4 heteroatoms. The molecule has 0 saturated heterocycles. The smallest absolute Gasteiger partial charge is 0.147 e. The number of benzene rings is 1. The van der Waals surface area contributed by atoms with E-state index >= 15 is 0 Å². The Labute approximate surface area is 171 Å². The summed E-state index contributed by atoms with van der Waals surface area (Å²) < 4.78 is 2.30. The second kappa shape index (κ2) is 5.29. The summed E-state index contributed by atoms with van der Waals surface area (Å²) in [7, 11) is 0. The Bertz CT molecular complexity index is 1320. The number of pyridine rings is 2. The molecular formula is C25H29N3O. The van der Waals surface area contributed by atoms with E-state index in [0.717, 1.165) is 34.1 Å². The number of hydrogen-bond acceptors (Lipinski definition) is 3. The van der Waals surface area contributed by atoms with Gasteiger partial charge in [0.25, 0.3) is 0 Å². The van der Waals surface area contributed by atoms with Crippen LogP contribution in [0.5, 0.6) is 5.75 Å². The van der Waals surface area contributed by atoms with E-state index < -0.39 is 0 Å². The van der Waals surface area contributed by atoms with Crippen molar-refractivity contribution in [2.45, 2.75) is 71.1 Å². The molecule has 3 aromatic heterocycles. The number of phenols is 1. The van der Waals surface area contributed by atoms with Crippen LogP contribution in [0.4, 0.5) is 0 Å². The quantitative estimate of drug-likeness (QED) is 0.403. The molecule has 0 spiro atoms. The molecule has 29 heavy (non-hydrogen) atoms. The van der Waals surface area contributed by atoms with Crippen molar-refractivity contribution in [3.63, 3.8) is 0 Å². The van der Waals surface area contributed by atoms with Gasteiger partial charge in [0, 0.05) is 28.3 Å². The number of rotatable bonds is 0. The highest BCUT2D eigenvalue weighted by Gasteiger charge is 2.46. The maximum atomic E-state index is 10.9. The summed E-state index contributed by atoms with van der Waals surface area (Å²) in [5, 5.41) is 11.9. The Balaban J connectivity index is 2.10. The number of aromatic nitrogens is 3. The zero-order valence-corrected chi connectivity index (χ0v) is 18.4. The Kier molecular flexibility index (Phi) is 3.36. The molecule has 4 aromatic rings. The van der Waals surface area contributed by atoms with Gasteiger partial charge >= 0.3 is 0 Å². The molecule has 0 aliphatic heterocycles. The van der Waals surface area contributed by atoms with E-state index in [-0.39, 0.29) is 22.0 Å². The van der Waals surface area contributed by atoms with Gasteiger partial charge < -0.3 is 5.11 Å². The molecule has 1 N–H and O–H groups in total. The molecule has 4 nitrogen and oxygen atoms in total. The average molecular weight is 388 g/mol. The van der Waals surface area contributed by atoms with Crippen molar-refractivity contribution >= 4 is 27.6 Å². The first-order valence-electron chi connectivity index (χ1n) is 10.4. The van der Waals surface area contributed by atoms with Gasteiger partial charge in [0.15, 0.2) is 0 Å². The molecule has 150 valence electrons. The summed E-state index contributed by atoms with van der Waals surface area (Å²) in [4.78, 5) is 9.73. The van der Waals surface area contributed by atoms with Crippen LogP contribution in [0.1, 0.15) is 71.7 Å². The zero-order valence-electron chi connectivity index (χ0n) is 18.4. The van der Waals surface area contributed by atoms with Crippen LogP contribution >= 0.6 is 0 Å². The molecule has 0 amide bonds. The second-order valence-corrected chi connectivity index (χ2v) is 11.0. The second-order valence-electron chi connectivity index (χ2n) is 11.0. The van der Waals surface area contributed by atoms with Crippen molar-refractivity contribution in [1.29, 1.82) is 0 Å². The summed E-state index contributed by atoms with van der Waals surface area (Å²) in [6.45, 7) is 15.8. The maximum absolute atomic E-state index is 10.9. The number of imidazole rings is 1. The highest BCUT2D eigenvalue weighted by atomic mass is 16.3. The SMILES string of the molecule is CC(C)(C)c1cc(O)c2nc3c4cccnc4c4c(n3c2c1)C(C)(C)CC4(C)C. The van der Waals surface area contributed by atoms with E-state index in [0.29, 0.717) is 5.52 Å². The van der Waals surface area contributed by atoms with Crippen LogP contribution < -0.4 is 0 Å². The molecule has 1 aliphatic carbocycles. The van der Waals surface area contributed by atoms with Crippen molar-refractivity contribution in [1.82, 2.24) is 14.4 Å². The molecule has 0 saturated carbocycles. The topological polar surface area (TPSA) is 50.4 Å².